The van der Waals surface area contributed by atoms with Gasteiger partial charge in [0.25, 0.3) is 0 Å². The van der Waals surface area contributed by atoms with Gasteiger partial charge in [-0.05, 0) is 42.9 Å². The minimum atomic E-state index is 0.747. The van der Waals surface area contributed by atoms with E-state index in [-0.39, 0.29) is 0 Å². The number of quaternary nitrogens is 1. The molecule has 3 nitrogen and oxygen atoms in total. The first-order valence-electron chi connectivity index (χ1n) is 8.42. The quantitative estimate of drug-likeness (QED) is 0.773. The van der Waals surface area contributed by atoms with Gasteiger partial charge in [0, 0.05) is 34.3 Å². The Kier molecular flexibility index (Phi) is 6.18. The number of hydrogen-bond acceptors (Lipinski definition) is 1. The second kappa shape index (κ2) is 8.37. The molecule has 6 heteroatoms. The zero-order valence-electron chi connectivity index (χ0n) is 14.2. The molecule has 1 aliphatic rings. The molecule has 25 heavy (non-hydrogen) atoms. The molecule has 0 aliphatic carbocycles. The van der Waals surface area contributed by atoms with Crippen LogP contribution in [0.5, 0.6) is 0 Å². The molecule has 132 valence electrons. The van der Waals surface area contributed by atoms with Crippen LogP contribution in [0.25, 0.3) is 0 Å². The first-order valence-corrected chi connectivity index (χ1v) is 9.58. The summed E-state index contributed by atoms with van der Waals surface area (Å²) in [6.07, 6.45) is 1.11. The van der Waals surface area contributed by atoms with Gasteiger partial charge in [0.1, 0.15) is 6.54 Å². The normalized spacial score (nSPS) is 17.4. The van der Waals surface area contributed by atoms with Gasteiger partial charge in [0.2, 0.25) is 0 Å². The highest BCUT2D eigenvalue weighted by Gasteiger charge is 2.23. The van der Waals surface area contributed by atoms with Gasteiger partial charge in [-0.15, -0.1) is 0 Å². The summed E-state index contributed by atoms with van der Waals surface area (Å²) in [6, 6.07) is 14.0. The van der Waals surface area contributed by atoms with E-state index in [0.717, 1.165) is 59.1 Å². The molecule has 2 aromatic rings. The van der Waals surface area contributed by atoms with Gasteiger partial charge >= 0.3 is 0 Å². The van der Waals surface area contributed by atoms with E-state index in [4.69, 9.17) is 35.4 Å². The molecule has 2 aromatic carbocycles. The van der Waals surface area contributed by atoms with Crippen LogP contribution in [0.4, 0.5) is 5.69 Å². The molecule has 1 unspecified atom stereocenters. The monoisotopic (exact) mass is 394 g/mol. The lowest BCUT2D eigenvalue weighted by Crippen LogP contribution is -3.13. The third-order valence-corrected chi connectivity index (χ3v) is 5.62. The van der Waals surface area contributed by atoms with Crippen LogP contribution in [0.2, 0.25) is 10.0 Å². The Balaban J connectivity index is 1.61. The Bertz CT molecular complexity index is 766. The van der Waals surface area contributed by atoms with Crippen molar-refractivity contribution >= 4 is 46.2 Å². The summed E-state index contributed by atoms with van der Waals surface area (Å²) in [4.78, 5) is 3.68. The average Bonchev–Trinajstić information content (AvgIpc) is 2.60. The Morgan fingerprint density at radius 1 is 1.20 bits per heavy atom. The SMILES string of the molecule is Cc1ccc(NC(=S)N2CCC[NH+](Cc3ccccc3Cl)C2)cc1Cl. The molecule has 1 heterocycles. The largest absolute Gasteiger partial charge is 0.332 e. The highest BCUT2D eigenvalue weighted by Crippen LogP contribution is 2.20. The van der Waals surface area contributed by atoms with Crippen LogP contribution in [0.1, 0.15) is 17.5 Å². The second-order valence-electron chi connectivity index (χ2n) is 6.44. The van der Waals surface area contributed by atoms with Crippen LogP contribution >= 0.6 is 35.4 Å². The van der Waals surface area contributed by atoms with E-state index >= 15 is 0 Å². The summed E-state index contributed by atoms with van der Waals surface area (Å²) in [6.45, 7) is 5.87. The molecule has 2 N–H and O–H groups in total. The van der Waals surface area contributed by atoms with Crippen molar-refractivity contribution in [2.24, 2.45) is 0 Å². The summed E-state index contributed by atoms with van der Waals surface area (Å²) in [5.41, 5.74) is 3.18. The molecule has 1 atom stereocenters. The summed E-state index contributed by atoms with van der Waals surface area (Å²) in [7, 11) is 0. The minimum Gasteiger partial charge on any atom is -0.332 e. The number of aryl methyl sites for hydroxylation is 1. The Labute approximate surface area is 164 Å². The molecule has 1 aliphatic heterocycles. The number of halogens is 2. The van der Waals surface area contributed by atoms with Crippen molar-refractivity contribution < 1.29 is 4.90 Å². The zero-order chi connectivity index (χ0) is 17.8. The topological polar surface area (TPSA) is 19.7 Å². The minimum absolute atomic E-state index is 0.747. The fourth-order valence-electron chi connectivity index (χ4n) is 3.05. The molecule has 0 radical (unpaired) electrons. The van der Waals surface area contributed by atoms with Gasteiger partial charge in [-0.25, -0.2) is 0 Å². The summed E-state index contributed by atoms with van der Waals surface area (Å²) < 4.78 is 0. The maximum Gasteiger partial charge on any atom is 0.177 e. The molecule has 3 rings (SSSR count). The lowest BCUT2D eigenvalue weighted by molar-refractivity contribution is -0.927. The van der Waals surface area contributed by atoms with Crippen LogP contribution in [-0.2, 0) is 6.54 Å². The fourth-order valence-corrected chi connectivity index (χ4v) is 3.71. The maximum atomic E-state index is 6.30. The highest BCUT2D eigenvalue weighted by atomic mass is 35.5. The third-order valence-electron chi connectivity index (χ3n) is 4.48. The lowest BCUT2D eigenvalue weighted by Gasteiger charge is -2.34. The molecule has 0 saturated carbocycles. The van der Waals surface area contributed by atoms with Gasteiger partial charge in [0.15, 0.2) is 11.8 Å². The van der Waals surface area contributed by atoms with E-state index in [1.54, 1.807) is 0 Å². The number of nitrogens with one attached hydrogen (secondary N) is 2. The van der Waals surface area contributed by atoms with Crippen LogP contribution < -0.4 is 10.2 Å². The van der Waals surface area contributed by atoms with E-state index in [9.17, 15) is 0 Å². The predicted molar refractivity (Wildman–Crippen MR) is 110 cm³/mol. The van der Waals surface area contributed by atoms with Crippen molar-refractivity contribution in [3.05, 3.63) is 63.6 Å². The summed E-state index contributed by atoms with van der Waals surface area (Å²) in [5.74, 6) is 0. The molecule has 0 bridgehead atoms. The maximum absolute atomic E-state index is 6.30. The average molecular weight is 395 g/mol. The standard InChI is InChI=1S/C19H21Cl2N3S/c1-14-7-8-16(11-18(14)21)22-19(25)24-10-4-9-23(13-24)12-15-5-2-3-6-17(15)20/h2-3,5-8,11H,4,9-10,12-13H2,1H3,(H,22,25)/p+1. The van der Waals surface area contributed by atoms with E-state index in [0.29, 0.717) is 0 Å². The van der Waals surface area contributed by atoms with Crippen LogP contribution in [0.15, 0.2) is 42.5 Å². The van der Waals surface area contributed by atoms with Crippen molar-refractivity contribution in [2.45, 2.75) is 19.9 Å². The van der Waals surface area contributed by atoms with Gasteiger partial charge in [-0.2, -0.15) is 0 Å². The lowest BCUT2D eigenvalue weighted by atomic mass is 10.2. The van der Waals surface area contributed by atoms with E-state index < -0.39 is 0 Å². The van der Waals surface area contributed by atoms with E-state index in [1.165, 1.54) is 10.5 Å². The van der Waals surface area contributed by atoms with Crippen LogP contribution in [0, 0.1) is 6.92 Å². The third kappa shape index (κ3) is 4.85. The van der Waals surface area contributed by atoms with Gasteiger partial charge in [0.05, 0.1) is 6.54 Å². The first kappa shape index (κ1) is 18.5. The number of thiocarbonyl (C=S) groups is 1. The molecule has 0 spiro atoms. The number of anilines is 1. The van der Waals surface area contributed by atoms with E-state index in [1.807, 2.05) is 43.3 Å². The number of benzene rings is 2. The van der Waals surface area contributed by atoms with Gasteiger partial charge < -0.3 is 15.1 Å². The smallest absolute Gasteiger partial charge is 0.177 e. The van der Waals surface area contributed by atoms with Gasteiger partial charge in [-0.3, -0.25) is 0 Å². The van der Waals surface area contributed by atoms with Gasteiger partial charge in [-0.1, -0.05) is 47.5 Å². The van der Waals surface area contributed by atoms with Crippen molar-refractivity contribution in [3.8, 4) is 0 Å². The Morgan fingerprint density at radius 2 is 2.00 bits per heavy atom. The predicted octanol–water partition coefficient (Wildman–Crippen LogP) is 3.75. The molecule has 0 amide bonds. The summed E-state index contributed by atoms with van der Waals surface area (Å²) >= 11 is 18.1. The molecular formula is C19H22Cl2N3S+. The Hall–Kier alpha value is -1.33. The van der Waals surface area contributed by atoms with E-state index in [2.05, 4.69) is 16.3 Å². The number of rotatable bonds is 3. The van der Waals surface area contributed by atoms with Crippen molar-refractivity contribution in [1.29, 1.82) is 0 Å². The van der Waals surface area contributed by atoms with Crippen LogP contribution in [-0.4, -0.2) is 29.8 Å². The van der Waals surface area contributed by atoms with Crippen molar-refractivity contribution in [1.82, 2.24) is 4.90 Å². The highest BCUT2D eigenvalue weighted by molar-refractivity contribution is 7.80. The van der Waals surface area contributed by atoms with Crippen LogP contribution in [0.3, 0.4) is 0 Å². The van der Waals surface area contributed by atoms with Crippen molar-refractivity contribution in [2.75, 3.05) is 25.1 Å². The number of hydrogen-bond donors (Lipinski definition) is 2. The molecule has 1 fully saturated rings. The molecule has 1 saturated heterocycles. The fraction of sp³-hybridized carbons (Fsp3) is 0.316. The van der Waals surface area contributed by atoms with Crippen molar-refractivity contribution in [3.63, 3.8) is 0 Å². The summed E-state index contributed by atoms with van der Waals surface area (Å²) in [5, 5.41) is 5.64. The zero-order valence-corrected chi connectivity index (χ0v) is 16.5. The number of nitrogens with zero attached hydrogens (tertiary/aromatic N) is 1. The molecule has 0 aromatic heterocycles. The molecular weight excluding hydrogens is 373 g/mol. The first-order chi connectivity index (χ1) is 12.0. The second-order valence-corrected chi connectivity index (χ2v) is 7.64. The Morgan fingerprint density at radius 3 is 2.76 bits per heavy atom.